The molecule has 5 heteroatoms. The molecule has 0 spiro atoms. The smallest absolute Gasteiger partial charge is 0.306 e. The molecule has 20 heavy (non-hydrogen) atoms. The van der Waals surface area contributed by atoms with Crippen molar-refractivity contribution in [1.29, 1.82) is 0 Å². The predicted octanol–water partition coefficient (Wildman–Crippen LogP) is 2.05. The fourth-order valence-corrected chi connectivity index (χ4v) is 2.04. The second kappa shape index (κ2) is 6.23. The van der Waals surface area contributed by atoms with Crippen LogP contribution in [0.5, 0.6) is 0 Å². The van der Waals surface area contributed by atoms with E-state index < -0.39 is 0 Å². The van der Waals surface area contributed by atoms with E-state index in [0.29, 0.717) is 6.54 Å². The molecule has 1 aromatic heterocycles. The third kappa shape index (κ3) is 3.60. The van der Waals surface area contributed by atoms with Gasteiger partial charge in [0.2, 0.25) is 5.91 Å². The molecule has 2 aromatic rings. The molecule has 0 bridgehead atoms. The first-order chi connectivity index (χ1) is 9.58. The lowest BCUT2D eigenvalue weighted by molar-refractivity contribution is -0.142. The number of rotatable bonds is 5. The summed E-state index contributed by atoms with van der Waals surface area (Å²) in [6, 6.07) is 8.08. The molecule has 0 atom stereocenters. The third-order valence-electron chi connectivity index (χ3n) is 3.09. The van der Waals surface area contributed by atoms with Crippen LogP contribution in [-0.2, 0) is 20.9 Å². The van der Waals surface area contributed by atoms with Crippen LogP contribution in [0, 0.1) is 6.92 Å². The molecule has 0 aliphatic heterocycles. The molecule has 5 nitrogen and oxygen atoms in total. The van der Waals surface area contributed by atoms with Crippen LogP contribution < -0.4 is 5.32 Å². The van der Waals surface area contributed by atoms with Gasteiger partial charge >= 0.3 is 5.97 Å². The highest BCUT2D eigenvalue weighted by Gasteiger charge is 2.07. The van der Waals surface area contributed by atoms with Gasteiger partial charge in [0.25, 0.3) is 0 Å². The SMILES string of the molecule is COC(=O)CCC(=O)NCc1ccc2[nH]c(C)cc2c1. The van der Waals surface area contributed by atoms with Crippen molar-refractivity contribution >= 4 is 22.8 Å². The summed E-state index contributed by atoms with van der Waals surface area (Å²) < 4.78 is 4.49. The number of amides is 1. The van der Waals surface area contributed by atoms with E-state index in [1.165, 1.54) is 7.11 Å². The van der Waals surface area contributed by atoms with Gasteiger partial charge in [0.1, 0.15) is 0 Å². The molecule has 1 amide bonds. The number of aryl methyl sites for hydroxylation is 1. The number of methoxy groups -OCH3 is 1. The Labute approximate surface area is 117 Å². The molecular weight excluding hydrogens is 256 g/mol. The Bertz CT molecular complexity index is 631. The second-order valence-corrected chi connectivity index (χ2v) is 4.73. The number of aromatic amines is 1. The lowest BCUT2D eigenvalue weighted by Gasteiger charge is -2.05. The summed E-state index contributed by atoms with van der Waals surface area (Å²) in [5.41, 5.74) is 3.23. The van der Waals surface area contributed by atoms with Gasteiger partial charge in [-0.3, -0.25) is 9.59 Å². The number of hydrogen-bond acceptors (Lipinski definition) is 3. The van der Waals surface area contributed by atoms with E-state index >= 15 is 0 Å². The zero-order chi connectivity index (χ0) is 14.5. The monoisotopic (exact) mass is 274 g/mol. The van der Waals surface area contributed by atoms with E-state index in [9.17, 15) is 9.59 Å². The number of carbonyl (C=O) groups excluding carboxylic acids is 2. The molecule has 0 aliphatic rings. The number of H-pyrrole nitrogens is 1. The largest absolute Gasteiger partial charge is 0.469 e. The van der Waals surface area contributed by atoms with Crippen molar-refractivity contribution in [2.75, 3.05) is 7.11 Å². The van der Waals surface area contributed by atoms with Gasteiger partial charge in [-0.05, 0) is 36.1 Å². The molecule has 0 saturated carbocycles. The summed E-state index contributed by atoms with van der Waals surface area (Å²) in [5.74, 6) is -0.523. The number of fused-ring (bicyclic) bond motifs is 1. The highest BCUT2D eigenvalue weighted by Crippen LogP contribution is 2.16. The Morgan fingerprint density at radius 3 is 2.80 bits per heavy atom. The molecule has 0 radical (unpaired) electrons. The lowest BCUT2D eigenvalue weighted by atomic mass is 10.1. The second-order valence-electron chi connectivity index (χ2n) is 4.73. The summed E-state index contributed by atoms with van der Waals surface area (Å²) in [6.45, 7) is 2.47. The van der Waals surface area contributed by atoms with Gasteiger partial charge in [-0.25, -0.2) is 0 Å². The molecule has 1 heterocycles. The number of nitrogens with one attached hydrogen (secondary N) is 2. The van der Waals surface area contributed by atoms with Crippen LogP contribution in [0.1, 0.15) is 24.1 Å². The Balaban J connectivity index is 1.88. The van der Waals surface area contributed by atoms with Crippen LogP contribution in [-0.4, -0.2) is 24.0 Å². The molecule has 2 N–H and O–H groups in total. The van der Waals surface area contributed by atoms with Gasteiger partial charge in [0.15, 0.2) is 0 Å². The van der Waals surface area contributed by atoms with E-state index in [4.69, 9.17) is 0 Å². The van der Waals surface area contributed by atoms with Crippen LogP contribution in [0.3, 0.4) is 0 Å². The van der Waals surface area contributed by atoms with Crippen molar-refractivity contribution in [1.82, 2.24) is 10.3 Å². The van der Waals surface area contributed by atoms with Crippen molar-refractivity contribution in [3.8, 4) is 0 Å². The van der Waals surface area contributed by atoms with Gasteiger partial charge in [0, 0.05) is 24.2 Å². The van der Waals surface area contributed by atoms with Crippen molar-refractivity contribution in [3.63, 3.8) is 0 Å². The van der Waals surface area contributed by atoms with Gasteiger partial charge in [-0.2, -0.15) is 0 Å². The van der Waals surface area contributed by atoms with Crippen molar-refractivity contribution in [2.24, 2.45) is 0 Å². The maximum absolute atomic E-state index is 11.6. The predicted molar refractivity (Wildman–Crippen MR) is 76.1 cm³/mol. The van der Waals surface area contributed by atoms with Gasteiger partial charge in [-0.1, -0.05) is 6.07 Å². The van der Waals surface area contributed by atoms with Gasteiger partial charge < -0.3 is 15.0 Å². The Morgan fingerprint density at radius 2 is 2.05 bits per heavy atom. The molecule has 0 aliphatic carbocycles. The van der Waals surface area contributed by atoms with E-state index in [1.54, 1.807) is 0 Å². The normalized spacial score (nSPS) is 10.5. The molecule has 0 saturated heterocycles. The average Bonchev–Trinajstić information content (AvgIpc) is 2.81. The maximum atomic E-state index is 11.6. The van der Waals surface area contributed by atoms with E-state index in [-0.39, 0.29) is 24.7 Å². The fraction of sp³-hybridized carbons (Fsp3) is 0.333. The number of hydrogen-bond donors (Lipinski definition) is 2. The third-order valence-corrected chi connectivity index (χ3v) is 3.09. The van der Waals surface area contributed by atoms with Crippen LogP contribution in [0.4, 0.5) is 0 Å². The van der Waals surface area contributed by atoms with Crippen LogP contribution in [0.25, 0.3) is 10.9 Å². The highest BCUT2D eigenvalue weighted by atomic mass is 16.5. The van der Waals surface area contributed by atoms with E-state index in [2.05, 4.69) is 21.1 Å². The van der Waals surface area contributed by atoms with Gasteiger partial charge in [-0.15, -0.1) is 0 Å². The number of benzene rings is 1. The molecule has 1 aromatic carbocycles. The molecule has 0 fully saturated rings. The highest BCUT2D eigenvalue weighted by molar-refractivity contribution is 5.82. The lowest BCUT2D eigenvalue weighted by Crippen LogP contribution is -2.23. The Hall–Kier alpha value is -2.30. The quantitative estimate of drug-likeness (QED) is 0.820. The molecular formula is C15H18N2O3. The fourth-order valence-electron chi connectivity index (χ4n) is 2.04. The van der Waals surface area contributed by atoms with E-state index in [1.807, 2.05) is 25.1 Å². The minimum absolute atomic E-state index is 0.109. The molecule has 0 unspecified atom stereocenters. The zero-order valence-corrected chi connectivity index (χ0v) is 11.7. The zero-order valence-electron chi connectivity index (χ0n) is 11.7. The maximum Gasteiger partial charge on any atom is 0.306 e. The summed E-state index contributed by atoms with van der Waals surface area (Å²) in [7, 11) is 1.31. The summed E-state index contributed by atoms with van der Waals surface area (Å²) in [5, 5.41) is 3.92. The minimum atomic E-state index is -0.371. The number of ether oxygens (including phenoxy) is 1. The topological polar surface area (TPSA) is 71.2 Å². The summed E-state index contributed by atoms with van der Waals surface area (Å²) in [4.78, 5) is 25.8. The number of esters is 1. The number of aromatic nitrogens is 1. The van der Waals surface area contributed by atoms with Crippen molar-refractivity contribution in [3.05, 3.63) is 35.5 Å². The van der Waals surface area contributed by atoms with Gasteiger partial charge in [0.05, 0.1) is 13.5 Å². The Morgan fingerprint density at radius 1 is 1.25 bits per heavy atom. The molecule has 2 rings (SSSR count). The minimum Gasteiger partial charge on any atom is -0.469 e. The van der Waals surface area contributed by atoms with Crippen LogP contribution in [0.15, 0.2) is 24.3 Å². The van der Waals surface area contributed by atoms with E-state index in [0.717, 1.165) is 22.2 Å². The van der Waals surface area contributed by atoms with Crippen LogP contribution >= 0.6 is 0 Å². The summed E-state index contributed by atoms with van der Waals surface area (Å²) >= 11 is 0. The molecule has 106 valence electrons. The standard InChI is InChI=1S/C15H18N2O3/c1-10-7-12-8-11(3-4-13(12)17-10)9-16-14(18)5-6-15(19)20-2/h3-4,7-8,17H,5-6,9H2,1-2H3,(H,16,18). The van der Waals surface area contributed by atoms with Crippen LogP contribution in [0.2, 0.25) is 0 Å². The first-order valence-electron chi connectivity index (χ1n) is 6.50. The first-order valence-corrected chi connectivity index (χ1v) is 6.50. The van der Waals surface area contributed by atoms with Crippen molar-refractivity contribution in [2.45, 2.75) is 26.3 Å². The average molecular weight is 274 g/mol. The Kier molecular flexibility index (Phi) is 4.40. The first kappa shape index (κ1) is 14.1. The van der Waals surface area contributed by atoms with Crippen molar-refractivity contribution < 1.29 is 14.3 Å². The number of carbonyl (C=O) groups is 2. The summed E-state index contributed by atoms with van der Waals surface area (Å²) in [6.07, 6.45) is 0.260.